The van der Waals surface area contributed by atoms with Crippen molar-refractivity contribution in [2.24, 2.45) is 0 Å². The van der Waals surface area contributed by atoms with Crippen LogP contribution in [0.3, 0.4) is 0 Å². The summed E-state index contributed by atoms with van der Waals surface area (Å²) in [6.07, 6.45) is 4.70. The first-order chi connectivity index (χ1) is 14.0. The SMILES string of the molecule is O=C(NC1CCN(C(=O)c2ccoc2)CC1)c1ccc(N2C(=O)CCC2=O)cc1. The van der Waals surface area contributed by atoms with Crippen LogP contribution < -0.4 is 10.2 Å². The van der Waals surface area contributed by atoms with Crippen molar-refractivity contribution in [2.45, 2.75) is 31.7 Å². The van der Waals surface area contributed by atoms with Gasteiger partial charge in [-0.05, 0) is 43.2 Å². The van der Waals surface area contributed by atoms with E-state index in [2.05, 4.69) is 5.32 Å². The fraction of sp³-hybridized carbons (Fsp3) is 0.333. The summed E-state index contributed by atoms with van der Waals surface area (Å²) in [5, 5.41) is 2.99. The zero-order valence-electron chi connectivity index (χ0n) is 15.8. The molecule has 0 saturated carbocycles. The number of rotatable bonds is 4. The van der Waals surface area contributed by atoms with Crippen molar-refractivity contribution in [1.29, 1.82) is 0 Å². The van der Waals surface area contributed by atoms with Crippen molar-refractivity contribution < 1.29 is 23.6 Å². The van der Waals surface area contributed by atoms with Gasteiger partial charge in [0.15, 0.2) is 0 Å². The highest BCUT2D eigenvalue weighted by molar-refractivity contribution is 6.19. The first kappa shape index (κ1) is 18.9. The Labute approximate surface area is 167 Å². The fourth-order valence-electron chi connectivity index (χ4n) is 3.69. The van der Waals surface area contributed by atoms with E-state index in [1.807, 2.05) is 0 Å². The fourth-order valence-corrected chi connectivity index (χ4v) is 3.69. The molecule has 2 aliphatic rings. The topological polar surface area (TPSA) is 99.9 Å². The maximum absolute atomic E-state index is 12.5. The number of imide groups is 1. The van der Waals surface area contributed by atoms with Gasteiger partial charge in [-0.15, -0.1) is 0 Å². The number of carbonyl (C=O) groups excluding carboxylic acids is 4. The second-order valence-electron chi connectivity index (χ2n) is 7.22. The molecule has 0 atom stereocenters. The lowest BCUT2D eigenvalue weighted by molar-refractivity contribution is -0.121. The van der Waals surface area contributed by atoms with Crippen molar-refractivity contribution in [2.75, 3.05) is 18.0 Å². The number of carbonyl (C=O) groups is 4. The summed E-state index contributed by atoms with van der Waals surface area (Å²) in [4.78, 5) is 51.4. The van der Waals surface area contributed by atoms with Gasteiger partial charge < -0.3 is 14.6 Å². The van der Waals surface area contributed by atoms with E-state index >= 15 is 0 Å². The van der Waals surface area contributed by atoms with Gasteiger partial charge in [0.05, 0.1) is 17.5 Å². The van der Waals surface area contributed by atoms with Gasteiger partial charge in [0.2, 0.25) is 11.8 Å². The van der Waals surface area contributed by atoms with E-state index in [0.717, 1.165) is 4.90 Å². The number of hydrogen-bond acceptors (Lipinski definition) is 5. The second-order valence-corrected chi connectivity index (χ2v) is 7.22. The third kappa shape index (κ3) is 3.91. The maximum Gasteiger partial charge on any atom is 0.257 e. The summed E-state index contributed by atoms with van der Waals surface area (Å²) in [5.74, 6) is -0.715. The lowest BCUT2D eigenvalue weighted by Gasteiger charge is -2.32. The highest BCUT2D eigenvalue weighted by atomic mass is 16.3. The molecular weight excluding hydrogens is 374 g/mol. The van der Waals surface area contributed by atoms with Gasteiger partial charge in [-0.2, -0.15) is 0 Å². The molecule has 4 rings (SSSR count). The van der Waals surface area contributed by atoms with Crippen LogP contribution in [0.1, 0.15) is 46.4 Å². The van der Waals surface area contributed by atoms with E-state index in [1.54, 1.807) is 35.2 Å². The lowest BCUT2D eigenvalue weighted by atomic mass is 10.0. The van der Waals surface area contributed by atoms with Gasteiger partial charge in [0.1, 0.15) is 6.26 Å². The van der Waals surface area contributed by atoms with Crippen molar-refractivity contribution in [1.82, 2.24) is 10.2 Å². The van der Waals surface area contributed by atoms with E-state index in [4.69, 9.17) is 4.42 Å². The standard InChI is InChI=1S/C21H21N3O5/c25-18-5-6-19(26)24(18)17-3-1-14(2-4-17)20(27)22-16-7-10-23(11-8-16)21(28)15-9-12-29-13-15/h1-4,9,12-13,16H,5-8,10-11H2,(H,22,27). The molecule has 2 aromatic rings. The molecule has 0 bridgehead atoms. The summed E-state index contributed by atoms with van der Waals surface area (Å²) < 4.78 is 4.96. The van der Waals surface area contributed by atoms with E-state index in [-0.39, 0.29) is 42.5 Å². The molecule has 1 N–H and O–H groups in total. The quantitative estimate of drug-likeness (QED) is 0.798. The van der Waals surface area contributed by atoms with Crippen LogP contribution in [0.15, 0.2) is 47.3 Å². The van der Waals surface area contributed by atoms with E-state index in [0.29, 0.717) is 42.7 Å². The van der Waals surface area contributed by atoms with Crippen molar-refractivity contribution in [3.63, 3.8) is 0 Å². The summed E-state index contributed by atoms with van der Waals surface area (Å²) in [7, 11) is 0. The summed E-state index contributed by atoms with van der Waals surface area (Å²) >= 11 is 0. The van der Waals surface area contributed by atoms with Crippen molar-refractivity contribution >= 4 is 29.3 Å². The molecule has 2 fully saturated rings. The zero-order valence-corrected chi connectivity index (χ0v) is 15.8. The molecule has 2 aliphatic heterocycles. The normalized spacial score (nSPS) is 17.7. The van der Waals surface area contributed by atoms with Gasteiger partial charge in [-0.1, -0.05) is 0 Å². The minimum absolute atomic E-state index is 0.0164. The molecule has 0 radical (unpaired) electrons. The maximum atomic E-state index is 12.5. The number of piperidine rings is 1. The summed E-state index contributed by atoms with van der Waals surface area (Å²) in [6.45, 7) is 1.13. The Bertz CT molecular complexity index is 912. The van der Waals surface area contributed by atoms with Crippen LogP contribution in [-0.2, 0) is 9.59 Å². The Morgan fingerprint density at radius 2 is 1.59 bits per heavy atom. The summed E-state index contributed by atoms with van der Waals surface area (Å²) in [6, 6.07) is 8.08. The average Bonchev–Trinajstić information content (AvgIpc) is 3.38. The van der Waals surface area contributed by atoms with Crippen molar-refractivity contribution in [3.05, 3.63) is 54.0 Å². The first-order valence-electron chi connectivity index (χ1n) is 9.61. The first-order valence-corrected chi connectivity index (χ1v) is 9.61. The number of anilines is 1. The van der Waals surface area contributed by atoms with Gasteiger partial charge in [-0.25, -0.2) is 0 Å². The third-order valence-corrected chi connectivity index (χ3v) is 5.32. The van der Waals surface area contributed by atoms with Crippen LogP contribution in [0.2, 0.25) is 0 Å². The van der Waals surface area contributed by atoms with E-state index < -0.39 is 0 Å². The highest BCUT2D eigenvalue weighted by Gasteiger charge is 2.30. The van der Waals surface area contributed by atoms with Crippen LogP contribution in [0, 0.1) is 0 Å². The Kier molecular flexibility index (Phi) is 5.16. The molecule has 1 aromatic heterocycles. The molecule has 0 unspecified atom stereocenters. The van der Waals surface area contributed by atoms with Gasteiger partial charge in [0, 0.05) is 37.5 Å². The average molecular weight is 395 g/mol. The molecule has 0 aliphatic carbocycles. The Morgan fingerprint density at radius 3 is 2.17 bits per heavy atom. The third-order valence-electron chi connectivity index (χ3n) is 5.32. The molecule has 150 valence electrons. The monoisotopic (exact) mass is 395 g/mol. The van der Waals surface area contributed by atoms with Gasteiger partial charge in [0.25, 0.3) is 11.8 Å². The number of nitrogens with one attached hydrogen (secondary N) is 1. The molecule has 3 heterocycles. The molecular formula is C21H21N3O5. The van der Waals surface area contributed by atoms with Crippen molar-refractivity contribution in [3.8, 4) is 0 Å². The molecule has 1 aromatic carbocycles. The smallest absolute Gasteiger partial charge is 0.257 e. The van der Waals surface area contributed by atoms with Crippen LogP contribution in [0.25, 0.3) is 0 Å². The number of hydrogen-bond donors (Lipinski definition) is 1. The highest BCUT2D eigenvalue weighted by Crippen LogP contribution is 2.23. The number of nitrogens with zero attached hydrogens (tertiary/aromatic N) is 2. The minimum Gasteiger partial charge on any atom is -0.472 e. The number of benzene rings is 1. The van der Waals surface area contributed by atoms with Crippen LogP contribution in [-0.4, -0.2) is 47.7 Å². The van der Waals surface area contributed by atoms with E-state index in [1.165, 1.54) is 12.5 Å². The number of likely N-dealkylation sites (tertiary alicyclic amines) is 1. The zero-order chi connectivity index (χ0) is 20.4. The molecule has 8 heteroatoms. The van der Waals surface area contributed by atoms with Crippen LogP contribution in [0.4, 0.5) is 5.69 Å². The number of amides is 4. The number of furan rings is 1. The van der Waals surface area contributed by atoms with Crippen LogP contribution >= 0.6 is 0 Å². The lowest BCUT2D eigenvalue weighted by Crippen LogP contribution is -2.46. The predicted octanol–water partition coefficient (Wildman–Crippen LogP) is 1.97. The molecule has 8 nitrogen and oxygen atoms in total. The predicted molar refractivity (Wildman–Crippen MR) is 103 cm³/mol. The molecule has 29 heavy (non-hydrogen) atoms. The molecule has 4 amide bonds. The van der Waals surface area contributed by atoms with Crippen LogP contribution in [0.5, 0.6) is 0 Å². The minimum atomic E-state index is -0.219. The molecule has 2 saturated heterocycles. The summed E-state index contributed by atoms with van der Waals surface area (Å²) in [5.41, 5.74) is 1.48. The Hall–Kier alpha value is -3.42. The van der Waals surface area contributed by atoms with Gasteiger partial charge in [-0.3, -0.25) is 24.1 Å². The molecule has 0 spiro atoms. The van der Waals surface area contributed by atoms with E-state index in [9.17, 15) is 19.2 Å². The second kappa shape index (κ2) is 7.90. The Balaban J connectivity index is 1.31. The van der Waals surface area contributed by atoms with Gasteiger partial charge >= 0.3 is 0 Å². The Morgan fingerprint density at radius 1 is 0.931 bits per heavy atom. The largest absolute Gasteiger partial charge is 0.472 e.